The van der Waals surface area contributed by atoms with Gasteiger partial charge in [-0.25, -0.2) is 9.18 Å². The predicted molar refractivity (Wildman–Crippen MR) is 89.7 cm³/mol. The summed E-state index contributed by atoms with van der Waals surface area (Å²) in [6.45, 7) is 4.00. The predicted octanol–water partition coefficient (Wildman–Crippen LogP) is 3.02. The normalized spacial score (nSPS) is 10.6. The second-order valence-corrected chi connectivity index (χ2v) is 5.84. The zero-order valence-corrected chi connectivity index (χ0v) is 14.0. The standard InChI is InChI=1S/C16H20FN5O2/c1-9(2)13-8-14(21-20-13)19-16(24)18-10-5-6-12(17)11(7-10)15(23)22(3)4/h5-9H,1-4H3,(H3,18,19,20,21,24). The van der Waals surface area contributed by atoms with Gasteiger partial charge in [0, 0.05) is 31.5 Å². The van der Waals surface area contributed by atoms with Crippen molar-refractivity contribution in [1.82, 2.24) is 15.1 Å². The van der Waals surface area contributed by atoms with Crippen LogP contribution in [-0.2, 0) is 0 Å². The lowest BCUT2D eigenvalue weighted by Crippen LogP contribution is -2.24. The summed E-state index contributed by atoms with van der Waals surface area (Å²) in [6, 6.07) is 5.01. The van der Waals surface area contributed by atoms with E-state index in [9.17, 15) is 14.0 Å². The van der Waals surface area contributed by atoms with Crippen LogP contribution in [0.15, 0.2) is 24.3 Å². The maximum absolute atomic E-state index is 13.8. The molecule has 2 aromatic rings. The van der Waals surface area contributed by atoms with Crippen LogP contribution in [-0.4, -0.2) is 41.1 Å². The number of hydrogen-bond acceptors (Lipinski definition) is 3. The van der Waals surface area contributed by atoms with Crippen LogP contribution in [0.3, 0.4) is 0 Å². The van der Waals surface area contributed by atoms with E-state index in [2.05, 4.69) is 20.8 Å². The number of benzene rings is 1. The molecule has 1 aromatic carbocycles. The molecule has 8 heteroatoms. The minimum atomic E-state index is -0.645. The van der Waals surface area contributed by atoms with Gasteiger partial charge in [-0.2, -0.15) is 5.10 Å². The first-order chi connectivity index (χ1) is 11.3. The Labute approximate surface area is 139 Å². The number of amides is 3. The lowest BCUT2D eigenvalue weighted by Gasteiger charge is -2.12. The number of anilines is 2. The number of aromatic amines is 1. The van der Waals surface area contributed by atoms with Crippen LogP contribution in [0.1, 0.15) is 35.8 Å². The van der Waals surface area contributed by atoms with Crippen LogP contribution in [0.5, 0.6) is 0 Å². The summed E-state index contributed by atoms with van der Waals surface area (Å²) in [6.07, 6.45) is 0. The van der Waals surface area contributed by atoms with Crippen LogP contribution < -0.4 is 10.6 Å². The van der Waals surface area contributed by atoms with Crippen LogP contribution in [0.25, 0.3) is 0 Å². The fraction of sp³-hybridized carbons (Fsp3) is 0.312. The van der Waals surface area contributed by atoms with Crippen molar-refractivity contribution < 1.29 is 14.0 Å². The van der Waals surface area contributed by atoms with Crippen molar-refractivity contribution >= 4 is 23.4 Å². The number of aromatic nitrogens is 2. The second kappa shape index (κ2) is 7.12. The van der Waals surface area contributed by atoms with Crippen LogP contribution in [0.2, 0.25) is 0 Å². The Bertz CT molecular complexity index is 755. The molecule has 3 N–H and O–H groups in total. The van der Waals surface area contributed by atoms with Crippen molar-refractivity contribution in [2.75, 3.05) is 24.7 Å². The molecule has 1 aromatic heterocycles. The highest BCUT2D eigenvalue weighted by Gasteiger charge is 2.15. The van der Waals surface area contributed by atoms with Gasteiger partial charge in [0.25, 0.3) is 5.91 Å². The summed E-state index contributed by atoms with van der Waals surface area (Å²) >= 11 is 0. The molecule has 7 nitrogen and oxygen atoms in total. The van der Waals surface area contributed by atoms with E-state index in [-0.39, 0.29) is 11.5 Å². The summed E-state index contributed by atoms with van der Waals surface area (Å²) in [5.74, 6) is -0.491. The highest BCUT2D eigenvalue weighted by molar-refractivity contribution is 6.01. The number of carbonyl (C=O) groups is 2. The maximum atomic E-state index is 13.8. The molecule has 0 bridgehead atoms. The van der Waals surface area contributed by atoms with E-state index >= 15 is 0 Å². The Morgan fingerprint density at radius 3 is 2.50 bits per heavy atom. The molecular weight excluding hydrogens is 313 g/mol. The molecule has 1 heterocycles. The van der Waals surface area contributed by atoms with E-state index in [0.717, 1.165) is 11.8 Å². The van der Waals surface area contributed by atoms with E-state index in [4.69, 9.17) is 0 Å². The Morgan fingerprint density at radius 1 is 1.21 bits per heavy atom. The summed E-state index contributed by atoms with van der Waals surface area (Å²) in [7, 11) is 3.05. The Morgan fingerprint density at radius 2 is 1.92 bits per heavy atom. The Hall–Kier alpha value is -2.90. The van der Waals surface area contributed by atoms with Gasteiger partial charge in [-0.3, -0.25) is 15.2 Å². The number of nitrogens with zero attached hydrogens (tertiary/aromatic N) is 2. The average Bonchev–Trinajstić information content (AvgIpc) is 2.97. The van der Waals surface area contributed by atoms with Gasteiger partial charge in [0.15, 0.2) is 5.82 Å². The van der Waals surface area contributed by atoms with Crippen molar-refractivity contribution in [2.45, 2.75) is 19.8 Å². The molecule has 0 spiro atoms. The number of H-pyrrole nitrogens is 1. The highest BCUT2D eigenvalue weighted by atomic mass is 19.1. The largest absolute Gasteiger partial charge is 0.345 e. The van der Waals surface area contributed by atoms with Crippen molar-refractivity contribution in [3.63, 3.8) is 0 Å². The molecule has 0 fully saturated rings. The lowest BCUT2D eigenvalue weighted by atomic mass is 10.1. The number of halogens is 1. The molecular formula is C16H20FN5O2. The third-order valence-electron chi connectivity index (χ3n) is 3.32. The zero-order valence-electron chi connectivity index (χ0n) is 14.0. The second-order valence-electron chi connectivity index (χ2n) is 5.84. The number of hydrogen-bond donors (Lipinski definition) is 3. The Kier molecular flexibility index (Phi) is 5.18. The van der Waals surface area contributed by atoms with Crippen molar-refractivity contribution in [3.8, 4) is 0 Å². The first-order valence-electron chi connectivity index (χ1n) is 7.42. The monoisotopic (exact) mass is 333 g/mol. The molecule has 0 radical (unpaired) electrons. The average molecular weight is 333 g/mol. The van der Waals surface area contributed by atoms with Gasteiger partial charge in [0.1, 0.15) is 5.82 Å². The summed E-state index contributed by atoms with van der Waals surface area (Å²) < 4.78 is 13.8. The molecule has 0 saturated heterocycles. The van der Waals surface area contributed by atoms with Gasteiger partial charge < -0.3 is 10.2 Å². The molecule has 24 heavy (non-hydrogen) atoms. The molecule has 2 rings (SSSR count). The van der Waals surface area contributed by atoms with E-state index in [1.54, 1.807) is 6.07 Å². The van der Waals surface area contributed by atoms with Gasteiger partial charge in [-0.15, -0.1) is 0 Å². The van der Waals surface area contributed by atoms with Crippen LogP contribution in [0, 0.1) is 5.82 Å². The highest BCUT2D eigenvalue weighted by Crippen LogP contribution is 2.18. The quantitative estimate of drug-likeness (QED) is 0.803. The minimum Gasteiger partial charge on any atom is -0.345 e. The number of urea groups is 1. The van der Waals surface area contributed by atoms with E-state index in [0.29, 0.717) is 11.5 Å². The summed E-state index contributed by atoms with van der Waals surface area (Å²) in [5, 5.41) is 11.9. The van der Waals surface area contributed by atoms with Crippen molar-refractivity contribution in [2.24, 2.45) is 0 Å². The van der Waals surface area contributed by atoms with Gasteiger partial charge in [0.2, 0.25) is 0 Å². The van der Waals surface area contributed by atoms with Crippen molar-refractivity contribution in [1.29, 1.82) is 0 Å². The fourth-order valence-electron chi connectivity index (χ4n) is 1.98. The smallest absolute Gasteiger partial charge is 0.324 e. The molecule has 128 valence electrons. The van der Waals surface area contributed by atoms with E-state index < -0.39 is 17.8 Å². The lowest BCUT2D eigenvalue weighted by molar-refractivity contribution is 0.0823. The number of nitrogens with one attached hydrogen (secondary N) is 3. The maximum Gasteiger partial charge on any atom is 0.324 e. The topological polar surface area (TPSA) is 90.1 Å². The molecule has 0 unspecified atom stereocenters. The van der Waals surface area contributed by atoms with E-state index in [1.807, 2.05) is 13.8 Å². The summed E-state index contributed by atoms with van der Waals surface area (Å²) in [5.41, 5.74) is 1.09. The zero-order chi connectivity index (χ0) is 17.9. The number of carbonyl (C=O) groups excluding carboxylic acids is 2. The molecule has 0 aliphatic heterocycles. The van der Waals surface area contributed by atoms with E-state index in [1.165, 1.54) is 31.1 Å². The Balaban J connectivity index is 2.08. The number of rotatable bonds is 4. The first-order valence-corrected chi connectivity index (χ1v) is 7.42. The minimum absolute atomic E-state index is 0.111. The summed E-state index contributed by atoms with van der Waals surface area (Å²) in [4.78, 5) is 25.2. The first kappa shape index (κ1) is 17.5. The molecule has 0 aliphatic carbocycles. The van der Waals surface area contributed by atoms with Crippen LogP contribution in [0.4, 0.5) is 20.7 Å². The van der Waals surface area contributed by atoms with Gasteiger partial charge >= 0.3 is 6.03 Å². The molecule has 0 saturated carbocycles. The molecule has 0 atom stereocenters. The SMILES string of the molecule is CC(C)c1cc(NC(=O)Nc2ccc(F)c(C(=O)N(C)C)c2)n[nH]1. The fourth-order valence-corrected chi connectivity index (χ4v) is 1.98. The molecule has 3 amide bonds. The third-order valence-corrected chi connectivity index (χ3v) is 3.32. The van der Waals surface area contributed by atoms with Crippen molar-refractivity contribution in [3.05, 3.63) is 41.3 Å². The van der Waals surface area contributed by atoms with Crippen LogP contribution >= 0.6 is 0 Å². The van der Waals surface area contributed by atoms with Gasteiger partial charge in [-0.05, 0) is 24.1 Å². The molecule has 0 aliphatic rings. The third kappa shape index (κ3) is 4.09. The van der Waals surface area contributed by atoms with Gasteiger partial charge in [0.05, 0.1) is 5.56 Å². The van der Waals surface area contributed by atoms with Gasteiger partial charge in [-0.1, -0.05) is 13.8 Å².